The topological polar surface area (TPSA) is 50.4 Å². The molecule has 0 amide bonds. The molecule has 3 N–H and O–H groups in total. The summed E-state index contributed by atoms with van der Waals surface area (Å²) in [6, 6.07) is 6.24. The first-order chi connectivity index (χ1) is 7.58. The number of halogens is 1. The minimum atomic E-state index is -0.237. The summed E-state index contributed by atoms with van der Waals surface area (Å²) < 4.78 is 12.6. The first-order valence-corrected chi connectivity index (χ1v) is 5.36. The molecule has 0 aliphatic rings. The van der Waals surface area contributed by atoms with Gasteiger partial charge < -0.3 is 11.1 Å². The van der Waals surface area contributed by atoms with Crippen molar-refractivity contribution in [3.8, 4) is 0 Å². The fourth-order valence-electron chi connectivity index (χ4n) is 1.13. The van der Waals surface area contributed by atoms with Gasteiger partial charge in [-0.05, 0) is 23.6 Å². The Morgan fingerprint density at radius 1 is 1.38 bits per heavy atom. The first kappa shape index (κ1) is 12.5. The number of hydrogen-bond acceptors (Lipinski definition) is 1. The van der Waals surface area contributed by atoms with Crippen LogP contribution in [0, 0.1) is 11.7 Å². The number of nitrogens with two attached hydrogens (primary N) is 1. The van der Waals surface area contributed by atoms with Gasteiger partial charge in [0.05, 0.1) is 6.54 Å². The Hall–Kier alpha value is -1.58. The molecule has 4 heteroatoms. The SMILES string of the molecule is CC(C)CNC(N)=NCc1ccc(F)cc1. The zero-order chi connectivity index (χ0) is 12.0. The van der Waals surface area contributed by atoms with E-state index in [9.17, 15) is 4.39 Å². The van der Waals surface area contributed by atoms with Crippen LogP contribution in [0.5, 0.6) is 0 Å². The molecule has 0 spiro atoms. The van der Waals surface area contributed by atoms with Crippen molar-refractivity contribution in [1.82, 2.24) is 5.32 Å². The summed E-state index contributed by atoms with van der Waals surface area (Å²) in [5, 5.41) is 3.02. The minimum absolute atomic E-state index is 0.237. The van der Waals surface area contributed by atoms with Gasteiger partial charge in [0.15, 0.2) is 5.96 Å². The molecule has 1 aromatic carbocycles. The molecule has 0 aromatic heterocycles. The van der Waals surface area contributed by atoms with Crippen LogP contribution in [0.3, 0.4) is 0 Å². The van der Waals surface area contributed by atoms with E-state index in [1.165, 1.54) is 12.1 Å². The zero-order valence-corrected chi connectivity index (χ0v) is 9.70. The van der Waals surface area contributed by atoms with Crippen LogP contribution in [0.4, 0.5) is 4.39 Å². The summed E-state index contributed by atoms with van der Waals surface area (Å²) in [5.74, 6) is 0.719. The van der Waals surface area contributed by atoms with Crippen LogP contribution >= 0.6 is 0 Å². The lowest BCUT2D eigenvalue weighted by molar-refractivity contribution is 0.621. The highest BCUT2D eigenvalue weighted by Gasteiger charge is 1.96. The van der Waals surface area contributed by atoms with Crippen molar-refractivity contribution >= 4 is 5.96 Å². The number of rotatable bonds is 4. The van der Waals surface area contributed by atoms with Crippen molar-refractivity contribution in [2.45, 2.75) is 20.4 Å². The monoisotopic (exact) mass is 223 g/mol. The molecule has 0 unspecified atom stereocenters. The minimum Gasteiger partial charge on any atom is -0.370 e. The predicted molar refractivity (Wildman–Crippen MR) is 64.6 cm³/mol. The van der Waals surface area contributed by atoms with Gasteiger partial charge in [0.2, 0.25) is 0 Å². The van der Waals surface area contributed by atoms with Crippen molar-refractivity contribution in [2.75, 3.05) is 6.54 Å². The molecular formula is C12H18FN3. The van der Waals surface area contributed by atoms with Crippen LogP contribution in [0.25, 0.3) is 0 Å². The van der Waals surface area contributed by atoms with Crippen LogP contribution < -0.4 is 11.1 Å². The standard InChI is InChI=1S/C12H18FN3/c1-9(2)7-15-12(14)16-8-10-3-5-11(13)6-4-10/h3-6,9H,7-8H2,1-2H3,(H3,14,15,16). The van der Waals surface area contributed by atoms with E-state index < -0.39 is 0 Å². The molecule has 16 heavy (non-hydrogen) atoms. The highest BCUT2D eigenvalue weighted by Crippen LogP contribution is 2.03. The lowest BCUT2D eigenvalue weighted by Gasteiger charge is -2.07. The Kier molecular flexibility index (Phi) is 4.76. The van der Waals surface area contributed by atoms with Gasteiger partial charge in [0, 0.05) is 6.54 Å². The Morgan fingerprint density at radius 2 is 2.00 bits per heavy atom. The van der Waals surface area contributed by atoms with E-state index >= 15 is 0 Å². The summed E-state index contributed by atoms with van der Waals surface area (Å²) in [7, 11) is 0. The molecule has 0 atom stereocenters. The van der Waals surface area contributed by atoms with Crippen molar-refractivity contribution in [2.24, 2.45) is 16.6 Å². The zero-order valence-electron chi connectivity index (χ0n) is 9.70. The third kappa shape index (κ3) is 4.77. The molecule has 0 saturated carbocycles. The van der Waals surface area contributed by atoms with Gasteiger partial charge >= 0.3 is 0 Å². The van der Waals surface area contributed by atoms with E-state index in [1.54, 1.807) is 12.1 Å². The molecule has 0 heterocycles. The maximum Gasteiger partial charge on any atom is 0.188 e. The Labute approximate surface area is 95.6 Å². The molecule has 0 radical (unpaired) electrons. The van der Waals surface area contributed by atoms with Gasteiger partial charge in [0.1, 0.15) is 5.82 Å². The second-order valence-corrected chi connectivity index (χ2v) is 4.10. The fraction of sp³-hybridized carbons (Fsp3) is 0.417. The van der Waals surface area contributed by atoms with Crippen LogP contribution in [0.15, 0.2) is 29.3 Å². The summed E-state index contributed by atoms with van der Waals surface area (Å²) in [5.41, 5.74) is 6.61. The molecule has 0 fully saturated rings. The highest BCUT2D eigenvalue weighted by molar-refractivity contribution is 5.77. The summed E-state index contributed by atoms with van der Waals surface area (Å²) in [6.45, 7) is 5.47. The van der Waals surface area contributed by atoms with Crippen LogP contribution in [-0.4, -0.2) is 12.5 Å². The van der Waals surface area contributed by atoms with Crippen molar-refractivity contribution in [3.05, 3.63) is 35.6 Å². The number of nitrogens with one attached hydrogen (secondary N) is 1. The maximum absolute atomic E-state index is 12.6. The van der Waals surface area contributed by atoms with Gasteiger partial charge in [0.25, 0.3) is 0 Å². The molecular weight excluding hydrogens is 205 g/mol. The van der Waals surface area contributed by atoms with Gasteiger partial charge in [-0.2, -0.15) is 0 Å². The molecule has 0 aliphatic heterocycles. The summed E-state index contributed by atoms with van der Waals surface area (Å²) in [4.78, 5) is 4.16. The Balaban J connectivity index is 2.43. The third-order valence-corrected chi connectivity index (χ3v) is 2.04. The second-order valence-electron chi connectivity index (χ2n) is 4.10. The molecule has 0 saturated heterocycles. The number of aliphatic imine (C=N–C) groups is 1. The number of guanidine groups is 1. The van der Waals surface area contributed by atoms with E-state index in [0.29, 0.717) is 18.4 Å². The third-order valence-electron chi connectivity index (χ3n) is 2.04. The number of nitrogens with zero attached hydrogens (tertiary/aromatic N) is 1. The van der Waals surface area contributed by atoms with E-state index in [0.717, 1.165) is 12.1 Å². The number of hydrogen-bond donors (Lipinski definition) is 2. The average Bonchev–Trinajstić information content (AvgIpc) is 2.25. The van der Waals surface area contributed by atoms with Gasteiger partial charge in [-0.1, -0.05) is 26.0 Å². The molecule has 0 bridgehead atoms. The molecule has 1 rings (SSSR count). The van der Waals surface area contributed by atoms with E-state index in [1.807, 2.05) is 0 Å². The average molecular weight is 223 g/mol. The normalized spacial score (nSPS) is 11.9. The van der Waals surface area contributed by atoms with Crippen LogP contribution in [-0.2, 0) is 6.54 Å². The lowest BCUT2D eigenvalue weighted by Crippen LogP contribution is -2.34. The molecule has 1 aromatic rings. The smallest absolute Gasteiger partial charge is 0.188 e. The molecule has 0 aliphatic carbocycles. The summed E-state index contributed by atoms with van der Waals surface area (Å²) in [6.07, 6.45) is 0. The second kappa shape index (κ2) is 6.10. The highest BCUT2D eigenvalue weighted by atomic mass is 19.1. The van der Waals surface area contributed by atoms with E-state index in [2.05, 4.69) is 24.2 Å². The first-order valence-electron chi connectivity index (χ1n) is 5.36. The Morgan fingerprint density at radius 3 is 2.56 bits per heavy atom. The lowest BCUT2D eigenvalue weighted by atomic mass is 10.2. The van der Waals surface area contributed by atoms with Gasteiger partial charge in [-0.15, -0.1) is 0 Å². The van der Waals surface area contributed by atoms with Crippen molar-refractivity contribution in [3.63, 3.8) is 0 Å². The molecule has 3 nitrogen and oxygen atoms in total. The van der Waals surface area contributed by atoms with E-state index in [4.69, 9.17) is 5.73 Å². The Bertz CT molecular complexity index is 344. The quantitative estimate of drug-likeness (QED) is 0.605. The van der Waals surface area contributed by atoms with Gasteiger partial charge in [-0.25, -0.2) is 9.38 Å². The largest absolute Gasteiger partial charge is 0.370 e. The van der Waals surface area contributed by atoms with Crippen LogP contribution in [0.1, 0.15) is 19.4 Å². The predicted octanol–water partition coefficient (Wildman–Crippen LogP) is 1.89. The van der Waals surface area contributed by atoms with Crippen molar-refractivity contribution in [1.29, 1.82) is 0 Å². The maximum atomic E-state index is 12.6. The van der Waals surface area contributed by atoms with Crippen molar-refractivity contribution < 1.29 is 4.39 Å². The summed E-state index contributed by atoms with van der Waals surface area (Å²) >= 11 is 0. The fourth-order valence-corrected chi connectivity index (χ4v) is 1.13. The van der Waals surface area contributed by atoms with Gasteiger partial charge in [-0.3, -0.25) is 0 Å². The molecule has 88 valence electrons. The van der Waals surface area contributed by atoms with E-state index in [-0.39, 0.29) is 5.82 Å². The van der Waals surface area contributed by atoms with Crippen LogP contribution in [0.2, 0.25) is 0 Å². The number of benzene rings is 1.